The number of hydrogen-bond donors (Lipinski definition) is 0. The Morgan fingerprint density at radius 3 is 2.31 bits per heavy atom. The Hall–Kier alpha value is -0.860. The molecule has 0 bridgehead atoms. The maximum Gasteiger partial charge on any atom is 0.122 e. The predicted octanol–water partition coefficient (Wildman–Crippen LogP) is 3.55. The summed E-state index contributed by atoms with van der Waals surface area (Å²) in [5.74, 6) is 0. The summed E-state index contributed by atoms with van der Waals surface area (Å²) in [6.45, 7) is 8.80. The predicted molar refractivity (Wildman–Crippen MR) is 65.9 cm³/mol. The average molecular weight is 219 g/mol. The van der Waals surface area contributed by atoms with E-state index in [1.807, 2.05) is 6.07 Å². The van der Waals surface area contributed by atoms with Gasteiger partial charge in [0.15, 0.2) is 0 Å². The molecule has 2 nitrogen and oxygen atoms in total. The molecule has 0 radical (unpaired) electrons. The molecule has 2 atom stereocenters. The molecule has 1 heterocycles. The molecule has 0 aromatic heterocycles. The van der Waals surface area contributed by atoms with Crippen molar-refractivity contribution in [1.29, 1.82) is 0 Å². The number of hydroxylamine groups is 2. The van der Waals surface area contributed by atoms with Crippen LogP contribution in [0.5, 0.6) is 0 Å². The van der Waals surface area contributed by atoms with Crippen LogP contribution in [0, 0.1) is 0 Å². The van der Waals surface area contributed by atoms with Crippen LogP contribution in [0.4, 0.5) is 0 Å². The van der Waals surface area contributed by atoms with Gasteiger partial charge in [0.05, 0.1) is 6.04 Å². The second kappa shape index (κ2) is 4.19. The molecule has 2 rings (SSSR count). The fourth-order valence-corrected chi connectivity index (χ4v) is 2.29. The lowest BCUT2D eigenvalue weighted by Gasteiger charge is -2.53. The van der Waals surface area contributed by atoms with E-state index in [0.29, 0.717) is 6.04 Å². The number of rotatable bonds is 2. The van der Waals surface area contributed by atoms with Crippen molar-refractivity contribution >= 4 is 0 Å². The molecule has 1 aliphatic heterocycles. The quantitative estimate of drug-likeness (QED) is 0.754. The maximum absolute atomic E-state index is 5.93. The number of nitrogens with zero attached hydrogens (tertiary/aromatic N) is 1. The third kappa shape index (κ3) is 2.00. The van der Waals surface area contributed by atoms with Crippen LogP contribution in [0.1, 0.15) is 45.8 Å². The van der Waals surface area contributed by atoms with E-state index in [1.165, 1.54) is 5.56 Å². The zero-order valence-corrected chi connectivity index (χ0v) is 10.6. The van der Waals surface area contributed by atoms with Gasteiger partial charge in [0.1, 0.15) is 6.10 Å². The summed E-state index contributed by atoms with van der Waals surface area (Å²) in [4.78, 5) is 5.93. The smallest absolute Gasteiger partial charge is 0.122 e. The molecule has 1 aromatic rings. The summed E-state index contributed by atoms with van der Waals surface area (Å²) in [6.07, 6.45) is 1.36. The van der Waals surface area contributed by atoms with E-state index in [1.54, 1.807) is 0 Å². The Bertz CT molecular complexity index is 342. The van der Waals surface area contributed by atoms with Crippen LogP contribution in [0.3, 0.4) is 0 Å². The van der Waals surface area contributed by atoms with Crippen LogP contribution in [-0.4, -0.2) is 16.6 Å². The Balaban J connectivity index is 2.12. The molecule has 0 saturated carbocycles. The van der Waals surface area contributed by atoms with Crippen molar-refractivity contribution in [2.24, 2.45) is 0 Å². The maximum atomic E-state index is 5.93. The molecule has 1 aliphatic rings. The fourth-order valence-electron chi connectivity index (χ4n) is 2.29. The van der Waals surface area contributed by atoms with E-state index in [4.69, 9.17) is 4.84 Å². The Morgan fingerprint density at radius 1 is 1.19 bits per heavy atom. The highest BCUT2D eigenvalue weighted by Crippen LogP contribution is 2.41. The molecule has 0 amide bonds. The van der Waals surface area contributed by atoms with E-state index in [-0.39, 0.29) is 11.6 Å². The second-order valence-electron chi connectivity index (χ2n) is 5.41. The summed E-state index contributed by atoms with van der Waals surface area (Å²) in [5.41, 5.74) is 1.38. The highest BCUT2D eigenvalue weighted by atomic mass is 16.7. The van der Waals surface area contributed by atoms with Gasteiger partial charge in [-0.3, -0.25) is 4.84 Å². The third-order valence-electron chi connectivity index (χ3n) is 3.09. The van der Waals surface area contributed by atoms with Crippen molar-refractivity contribution in [1.82, 2.24) is 5.06 Å². The van der Waals surface area contributed by atoms with Gasteiger partial charge in [0.25, 0.3) is 0 Å². The molecular formula is C14H21NO. The Morgan fingerprint density at radius 2 is 1.81 bits per heavy atom. The minimum Gasteiger partial charge on any atom is -0.288 e. The minimum absolute atomic E-state index is 0.0892. The lowest BCUT2D eigenvalue weighted by molar-refractivity contribution is -0.377. The van der Waals surface area contributed by atoms with Crippen molar-refractivity contribution in [2.75, 3.05) is 0 Å². The summed E-state index contributed by atoms with van der Waals surface area (Å²) >= 11 is 0. The van der Waals surface area contributed by atoms with Gasteiger partial charge in [0.2, 0.25) is 0 Å². The van der Waals surface area contributed by atoms with Gasteiger partial charge in [-0.15, -0.1) is 0 Å². The summed E-state index contributed by atoms with van der Waals surface area (Å²) in [7, 11) is 0. The normalized spacial score (nSPS) is 26.5. The van der Waals surface area contributed by atoms with E-state index in [0.717, 1.165) is 6.42 Å². The standard InChI is InChI=1S/C14H21NO/c1-5-12-13(11-9-7-6-8-10-11)16-15(12)14(2,3)4/h6-10,12-13H,5H2,1-4H3. The van der Waals surface area contributed by atoms with E-state index >= 15 is 0 Å². The highest BCUT2D eigenvalue weighted by Gasteiger charge is 2.45. The zero-order chi connectivity index (χ0) is 11.8. The van der Waals surface area contributed by atoms with E-state index < -0.39 is 0 Å². The Kier molecular flexibility index (Phi) is 3.04. The van der Waals surface area contributed by atoms with Crippen LogP contribution in [0.15, 0.2) is 30.3 Å². The lowest BCUT2D eigenvalue weighted by Crippen LogP contribution is -2.59. The SMILES string of the molecule is CCC1C(c2ccccc2)ON1C(C)(C)C. The van der Waals surface area contributed by atoms with Crippen LogP contribution in [-0.2, 0) is 4.84 Å². The monoisotopic (exact) mass is 219 g/mol. The van der Waals surface area contributed by atoms with Gasteiger partial charge < -0.3 is 0 Å². The molecule has 88 valence electrons. The first-order chi connectivity index (χ1) is 7.54. The van der Waals surface area contributed by atoms with E-state index in [9.17, 15) is 0 Å². The summed E-state index contributed by atoms with van der Waals surface area (Å²) in [5, 5.41) is 2.13. The molecule has 2 heteroatoms. The van der Waals surface area contributed by atoms with Crippen LogP contribution in [0.25, 0.3) is 0 Å². The van der Waals surface area contributed by atoms with E-state index in [2.05, 4.69) is 57.0 Å². The average Bonchev–Trinajstić information content (AvgIpc) is 2.16. The summed E-state index contributed by atoms with van der Waals surface area (Å²) in [6, 6.07) is 11.0. The van der Waals surface area contributed by atoms with Gasteiger partial charge >= 0.3 is 0 Å². The van der Waals surface area contributed by atoms with Crippen molar-refractivity contribution in [3.05, 3.63) is 35.9 Å². The highest BCUT2D eigenvalue weighted by molar-refractivity contribution is 5.20. The number of hydrogen-bond acceptors (Lipinski definition) is 2. The van der Waals surface area contributed by atoms with Crippen LogP contribution < -0.4 is 0 Å². The molecule has 16 heavy (non-hydrogen) atoms. The molecule has 1 aromatic carbocycles. The van der Waals surface area contributed by atoms with Gasteiger partial charge in [-0.2, -0.15) is 5.06 Å². The Labute approximate surface area is 98.2 Å². The first kappa shape index (κ1) is 11.6. The van der Waals surface area contributed by atoms with Crippen molar-refractivity contribution in [3.8, 4) is 0 Å². The van der Waals surface area contributed by atoms with Crippen molar-refractivity contribution in [3.63, 3.8) is 0 Å². The fraction of sp³-hybridized carbons (Fsp3) is 0.571. The van der Waals surface area contributed by atoms with Gasteiger partial charge in [-0.25, -0.2) is 0 Å². The van der Waals surface area contributed by atoms with Gasteiger partial charge in [-0.05, 0) is 32.8 Å². The van der Waals surface area contributed by atoms with Crippen LogP contribution >= 0.6 is 0 Å². The first-order valence-corrected chi connectivity index (χ1v) is 6.05. The molecular weight excluding hydrogens is 198 g/mol. The van der Waals surface area contributed by atoms with Crippen molar-refractivity contribution in [2.45, 2.75) is 51.8 Å². The number of benzene rings is 1. The molecule has 0 N–H and O–H groups in total. The van der Waals surface area contributed by atoms with Gasteiger partial charge in [-0.1, -0.05) is 37.3 Å². The zero-order valence-electron chi connectivity index (χ0n) is 10.6. The first-order valence-electron chi connectivity index (χ1n) is 6.05. The minimum atomic E-state index is 0.0892. The molecule has 2 unspecified atom stereocenters. The lowest BCUT2D eigenvalue weighted by atomic mass is 9.93. The molecule has 1 saturated heterocycles. The summed E-state index contributed by atoms with van der Waals surface area (Å²) < 4.78 is 0. The third-order valence-corrected chi connectivity index (χ3v) is 3.09. The molecule has 0 spiro atoms. The molecule has 1 fully saturated rings. The van der Waals surface area contributed by atoms with Crippen molar-refractivity contribution < 1.29 is 4.84 Å². The van der Waals surface area contributed by atoms with Crippen LogP contribution in [0.2, 0.25) is 0 Å². The second-order valence-corrected chi connectivity index (χ2v) is 5.41. The molecule has 0 aliphatic carbocycles. The largest absolute Gasteiger partial charge is 0.288 e. The van der Waals surface area contributed by atoms with Gasteiger partial charge in [0, 0.05) is 5.54 Å². The topological polar surface area (TPSA) is 12.5 Å².